The molecule has 1 N–H and O–H groups in total. The molecule has 0 aliphatic rings. The normalized spacial score (nSPS) is 10.8. The smallest absolute Gasteiger partial charge is 0.0457 e. The number of aromatic amines is 1. The van der Waals surface area contributed by atoms with Gasteiger partial charge in [-0.25, -0.2) is 0 Å². The number of hydrogen-bond acceptors (Lipinski definition) is 0. The SMILES string of the molecule is [CH2]Cc1cc2cc(Cl)ccc2[nH]1. The first-order chi connectivity index (χ1) is 5.79. The predicted octanol–water partition coefficient (Wildman–Crippen LogP) is 3.20. The summed E-state index contributed by atoms with van der Waals surface area (Å²) in [7, 11) is 0. The molecule has 0 unspecified atom stereocenters. The van der Waals surface area contributed by atoms with Gasteiger partial charge in [-0.05, 0) is 37.6 Å². The third-order valence-corrected chi connectivity index (χ3v) is 2.14. The van der Waals surface area contributed by atoms with Gasteiger partial charge in [-0.2, -0.15) is 0 Å². The number of H-pyrrole nitrogens is 1. The molecule has 1 aromatic heterocycles. The van der Waals surface area contributed by atoms with Crippen molar-refractivity contribution in [2.24, 2.45) is 0 Å². The largest absolute Gasteiger partial charge is 0.358 e. The van der Waals surface area contributed by atoms with Gasteiger partial charge in [0.1, 0.15) is 0 Å². The Morgan fingerprint density at radius 2 is 2.17 bits per heavy atom. The third kappa shape index (κ3) is 1.21. The Hall–Kier alpha value is -0.950. The Morgan fingerprint density at radius 1 is 1.33 bits per heavy atom. The van der Waals surface area contributed by atoms with Crippen molar-refractivity contribution in [1.29, 1.82) is 0 Å². The Balaban J connectivity index is 2.67. The molecule has 2 rings (SSSR count). The van der Waals surface area contributed by atoms with Gasteiger partial charge in [0.15, 0.2) is 0 Å². The van der Waals surface area contributed by atoms with Gasteiger partial charge < -0.3 is 4.98 Å². The molecule has 0 aliphatic carbocycles. The first-order valence-corrected chi connectivity index (χ1v) is 4.24. The van der Waals surface area contributed by atoms with Crippen LogP contribution < -0.4 is 0 Å². The second kappa shape index (κ2) is 2.83. The summed E-state index contributed by atoms with van der Waals surface area (Å²) in [6.45, 7) is 3.81. The van der Waals surface area contributed by atoms with E-state index < -0.39 is 0 Å². The van der Waals surface area contributed by atoms with Crippen molar-refractivity contribution in [2.45, 2.75) is 6.42 Å². The third-order valence-electron chi connectivity index (χ3n) is 1.91. The summed E-state index contributed by atoms with van der Waals surface area (Å²) in [5.74, 6) is 0. The molecule has 12 heavy (non-hydrogen) atoms. The molecular formula is C10H9ClN. The highest BCUT2D eigenvalue weighted by Gasteiger charge is 1.98. The van der Waals surface area contributed by atoms with Crippen LogP contribution in [0.3, 0.4) is 0 Å². The summed E-state index contributed by atoms with van der Waals surface area (Å²) in [4.78, 5) is 3.25. The number of aromatic nitrogens is 1. The summed E-state index contributed by atoms with van der Waals surface area (Å²) in [6, 6.07) is 7.89. The lowest BCUT2D eigenvalue weighted by Gasteiger charge is -1.88. The highest BCUT2D eigenvalue weighted by Crippen LogP contribution is 2.19. The molecule has 0 bridgehead atoms. The van der Waals surface area contributed by atoms with E-state index in [1.54, 1.807) is 0 Å². The molecule has 1 aromatic carbocycles. The fourth-order valence-corrected chi connectivity index (χ4v) is 1.48. The van der Waals surface area contributed by atoms with E-state index in [-0.39, 0.29) is 0 Å². The molecule has 0 saturated carbocycles. The Labute approximate surface area is 76.4 Å². The molecule has 0 saturated heterocycles. The Morgan fingerprint density at radius 3 is 2.92 bits per heavy atom. The van der Waals surface area contributed by atoms with Crippen LogP contribution in [0.4, 0.5) is 0 Å². The minimum atomic E-state index is 0.775. The van der Waals surface area contributed by atoms with Crippen LogP contribution in [0, 0.1) is 6.92 Å². The topological polar surface area (TPSA) is 15.8 Å². The number of nitrogens with one attached hydrogen (secondary N) is 1. The quantitative estimate of drug-likeness (QED) is 0.691. The maximum atomic E-state index is 5.84. The standard InChI is InChI=1S/C10H9ClN/c1-2-9-6-7-5-8(11)3-4-10(7)12-9/h3-6,12H,1-2H2. The van der Waals surface area contributed by atoms with Crippen molar-refractivity contribution in [2.75, 3.05) is 0 Å². The Bertz CT molecular complexity index is 403. The summed E-state index contributed by atoms with van der Waals surface area (Å²) >= 11 is 5.84. The molecule has 0 amide bonds. The molecule has 1 heterocycles. The van der Waals surface area contributed by atoms with Crippen LogP contribution in [0.25, 0.3) is 10.9 Å². The van der Waals surface area contributed by atoms with Crippen molar-refractivity contribution in [1.82, 2.24) is 4.98 Å². The van der Waals surface area contributed by atoms with Crippen molar-refractivity contribution in [3.8, 4) is 0 Å². The van der Waals surface area contributed by atoms with Crippen LogP contribution >= 0.6 is 11.6 Å². The van der Waals surface area contributed by atoms with E-state index in [9.17, 15) is 0 Å². The highest BCUT2D eigenvalue weighted by molar-refractivity contribution is 6.31. The van der Waals surface area contributed by atoms with Gasteiger partial charge in [-0.3, -0.25) is 0 Å². The molecule has 2 aromatic rings. The molecule has 0 spiro atoms. The monoisotopic (exact) mass is 178 g/mol. The van der Waals surface area contributed by atoms with Crippen molar-refractivity contribution < 1.29 is 0 Å². The maximum Gasteiger partial charge on any atom is 0.0457 e. The van der Waals surface area contributed by atoms with Crippen LogP contribution in [-0.2, 0) is 6.42 Å². The summed E-state index contributed by atoms with van der Waals surface area (Å²) in [6.07, 6.45) is 0.784. The molecule has 0 fully saturated rings. The Kier molecular flexibility index (Phi) is 1.81. The van der Waals surface area contributed by atoms with Crippen LogP contribution in [0.1, 0.15) is 5.69 Å². The van der Waals surface area contributed by atoms with E-state index in [1.165, 1.54) is 0 Å². The highest BCUT2D eigenvalue weighted by atomic mass is 35.5. The summed E-state index contributed by atoms with van der Waals surface area (Å²) in [5, 5.41) is 1.93. The average Bonchev–Trinajstić information content (AvgIpc) is 2.46. The number of rotatable bonds is 1. The fraction of sp³-hybridized carbons (Fsp3) is 0.100. The molecular weight excluding hydrogens is 170 g/mol. The van der Waals surface area contributed by atoms with Gasteiger partial charge in [-0.15, -0.1) is 0 Å². The van der Waals surface area contributed by atoms with Gasteiger partial charge in [-0.1, -0.05) is 11.6 Å². The summed E-state index contributed by atoms with van der Waals surface area (Å²) in [5.41, 5.74) is 2.27. The van der Waals surface area contributed by atoms with Gasteiger partial charge in [0.2, 0.25) is 0 Å². The van der Waals surface area contributed by atoms with E-state index >= 15 is 0 Å². The average molecular weight is 179 g/mol. The van der Waals surface area contributed by atoms with Gasteiger partial charge in [0, 0.05) is 21.6 Å². The lowest BCUT2D eigenvalue weighted by atomic mass is 10.2. The zero-order chi connectivity index (χ0) is 8.55. The number of halogens is 1. The predicted molar refractivity (Wildman–Crippen MR) is 52.4 cm³/mol. The molecule has 1 nitrogen and oxygen atoms in total. The van der Waals surface area contributed by atoms with E-state index in [0.717, 1.165) is 28.0 Å². The first kappa shape index (κ1) is 7.69. The molecule has 0 atom stereocenters. The van der Waals surface area contributed by atoms with E-state index in [2.05, 4.69) is 18.0 Å². The number of benzene rings is 1. The van der Waals surface area contributed by atoms with Crippen LogP contribution in [-0.4, -0.2) is 4.98 Å². The minimum Gasteiger partial charge on any atom is -0.358 e. The van der Waals surface area contributed by atoms with Crippen molar-refractivity contribution in [3.05, 3.63) is 41.9 Å². The molecule has 1 radical (unpaired) electrons. The van der Waals surface area contributed by atoms with Gasteiger partial charge in [0.05, 0.1) is 0 Å². The maximum absolute atomic E-state index is 5.84. The number of fused-ring (bicyclic) bond motifs is 1. The molecule has 61 valence electrons. The lowest BCUT2D eigenvalue weighted by molar-refractivity contribution is 1.17. The first-order valence-electron chi connectivity index (χ1n) is 3.86. The van der Waals surface area contributed by atoms with E-state index in [0.29, 0.717) is 0 Å². The van der Waals surface area contributed by atoms with E-state index in [4.69, 9.17) is 11.6 Å². The number of hydrogen-bond donors (Lipinski definition) is 1. The van der Waals surface area contributed by atoms with Gasteiger partial charge >= 0.3 is 0 Å². The summed E-state index contributed by atoms with van der Waals surface area (Å²) < 4.78 is 0. The molecule has 0 aliphatic heterocycles. The second-order valence-electron chi connectivity index (χ2n) is 2.78. The van der Waals surface area contributed by atoms with Gasteiger partial charge in [0.25, 0.3) is 0 Å². The zero-order valence-corrected chi connectivity index (χ0v) is 7.36. The van der Waals surface area contributed by atoms with Crippen LogP contribution in [0.15, 0.2) is 24.3 Å². The van der Waals surface area contributed by atoms with Crippen molar-refractivity contribution in [3.63, 3.8) is 0 Å². The fourth-order valence-electron chi connectivity index (χ4n) is 1.30. The van der Waals surface area contributed by atoms with Crippen molar-refractivity contribution >= 4 is 22.5 Å². The second-order valence-corrected chi connectivity index (χ2v) is 3.21. The minimum absolute atomic E-state index is 0.775. The van der Waals surface area contributed by atoms with Crippen LogP contribution in [0.5, 0.6) is 0 Å². The zero-order valence-electron chi connectivity index (χ0n) is 6.60. The lowest BCUT2D eigenvalue weighted by Crippen LogP contribution is -1.75. The van der Waals surface area contributed by atoms with Crippen LogP contribution in [0.2, 0.25) is 5.02 Å². The molecule has 2 heteroatoms. The van der Waals surface area contributed by atoms with E-state index in [1.807, 2.05) is 18.2 Å².